The Kier molecular flexibility index (Phi) is 5.27. The number of rotatable bonds is 3. The highest BCUT2D eigenvalue weighted by Gasteiger charge is 2.45. The van der Waals surface area contributed by atoms with Crippen molar-refractivity contribution in [1.29, 1.82) is 0 Å². The highest BCUT2D eigenvalue weighted by Crippen LogP contribution is 2.25. The smallest absolute Gasteiger partial charge is 0.262 e. The van der Waals surface area contributed by atoms with Crippen LogP contribution in [-0.2, 0) is 14.4 Å². The standard InChI is InChI=1S/C12H17F2N3O3.ClH/c1-6(2)17-9(18)3-7(11(17)20)16-10(19)8-4-12(13,14)5-15-8;/h6-8,15H,3-5H2,1-2H3,(H,16,19);1H. The van der Waals surface area contributed by atoms with Gasteiger partial charge in [0.05, 0.1) is 19.0 Å². The summed E-state index contributed by atoms with van der Waals surface area (Å²) < 4.78 is 26.0. The Morgan fingerprint density at radius 2 is 2.05 bits per heavy atom. The van der Waals surface area contributed by atoms with Crippen LogP contribution in [0.1, 0.15) is 26.7 Å². The van der Waals surface area contributed by atoms with Gasteiger partial charge < -0.3 is 5.32 Å². The molecule has 120 valence electrons. The van der Waals surface area contributed by atoms with Crippen LogP contribution in [0.25, 0.3) is 0 Å². The third kappa shape index (κ3) is 3.68. The molecule has 0 bridgehead atoms. The Hall–Kier alpha value is -1.28. The molecule has 21 heavy (non-hydrogen) atoms. The van der Waals surface area contributed by atoms with Crippen molar-refractivity contribution in [1.82, 2.24) is 15.5 Å². The van der Waals surface area contributed by atoms with Crippen LogP contribution in [0.4, 0.5) is 8.78 Å². The Morgan fingerprint density at radius 1 is 1.43 bits per heavy atom. The molecule has 2 atom stereocenters. The molecule has 2 unspecified atom stereocenters. The summed E-state index contributed by atoms with van der Waals surface area (Å²) in [6.45, 7) is 2.83. The van der Waals surface area contributed by atoms with Crippen molar-refractivity contribution in [2.75, 3.05) is 6.54 Å². The van der Waals surface area contributed by atoms with Crippen molar-refractivity contribution in [3.63, 3.8) is 0 Å². The Bertz CT molecular complexity index is 459. The molecule has 2 fully saturated rings. The first-order chi connectivity index (χ1) is 9.21. The topological polar surface area (TPSA) is 78.5 Å². The predicted octanol–water partition coefficient (Wildman–Crippen LogP) is 0.0575. The number of imide groups is 1. The molecule has 2 N–H and O–H groups in total. The van der Waals surface area contributed by atoms with Crippen LogP contribution < -0.4 is 10.6 Å². The van der Waals surface area contributed by atoms with Crippen LogP contribution in [0.15, 0.2) is 0 Å². The number of halogens is 3. The van der Waals surface area contributed by atoms with E-state index in [1.54, 1.807) is 13.8 Å². The molecule has 3 amide bonds. The Balaban J connectivity index is 0.00000220. The summed E-state index contributed by atoms with van der Waals surface area (Å²) in [6.07, 6.45) is -0.715. The van der Waals surface area contributed by atoms with Gasteiger partial charge in [-0.15, -0.1) is 12.4 Å². The fraction of sp³-hybridized carbons (Fsp3) is 0.750. The SMILES string of the molecule is CC(C)N1C(=O)CC(NC(=O)C2CC(F)(F)CN2)C1=O.Cl. The fourth-order valence-electron chi connectivity index (χ4n) is 2.48. The minimum atomic E-state index is -2.92. The van der Waals surface area contributed by atoms with Gasteiger partial charge in [-0.2, -0.15) is 0 Å². The molecule has 9 heteroatoms. The molecule has 0 aromatic heterocycles. The minimum Gasteiger partial charge on any atom is -0.342 e. The predicted molar refractivity (Wildman–Crippen MR) is 72.1 cm³/mol. The highest BCUT2D eigenvalue weighted by atomic mass is 35.5. The number of nitrogens with zero attached hydrogens (tertiary/aromatic N) is 1. The lowest BCUT2D eigenvalue weighted by Crippen LogP contribution is -2.49. The number of alkyl halides is 2. The van der Waals surface area contributed by atoms with Gasteiger partial charge in [0.15, 0.2) is 0 Å². The van der Waals surface area contributed by atoms with Gasteiger partial charge in [-0.25, -0.2) is 8.78 Å². The van der Waals surface area contributed by atoms with E-state index in [4.69, 9.17) is 0 Å². The number of carbonyl (C=O) groups is 3. The molecule has 2 rings (SSSR count). The Labute approximate surface area is 127 Å². The summed E-state index contributed by atoms with van der Waals surface area (Å²) in [5, 5.41) is 4.79. The molecule has 0 radical (unpaired) electrons. The second-order valence-electron chi connectivity index (χ2n) is 5.45. The maximum absolute atomic E-state index is 13.0. The number of amides is 3. The summed E-state index contributed by atoms with van der Waals surface area (Å²) in [6, 6.07) is -2.26. The van der Waals surface area contributed by atoms with Gasteiger partial charge in [-0.3, -0.25) is 24.6 Å². The summed E-state index contributed by atoms with van der Waals surface area (Å²) in [5.74, 6) is -4.43. The van der Waals surface area contributed by atoms with Gasteiger partial charge in [0, 0.05) is 12.5 Å². The molecule has 2 saturated heterocycles. The first-order valence-electron chi connectivity index (χ1n) is 6.49. The average Bonchev–Trinajstić information content (AvgIpc) is 2.80. The van der Waals surface area contributed by atoms with Crippen molar-refractivity contribution in [3.05, 3.63) is 0 Å². The van der Waals surface area contributed by atoms with E-state index in [2.05, 4.69) is 10.6 Å². The van der Waals surface area contributed by atoms with Gasteiger partial charge in [0.25, 0.3) is 11.8 Å². The number of likely N-dealkylation sites (tertiary alicyclic amines) is 1. The lowest BCUT2D eigenvalue weighted by atomic mass is 10.1. The van der Waals surface area contributed by atoms with E-state index in [1.165, 1.54) is 0 Å². The van der Waals surface area contributed by atoms with Gasteiger partial charge >= 0.3 is 0 Å². The molecule has 2 aliphatic heterocycles. The lowest BCUT2D eigenvalue weighted by Gasteiger charge is -2.19. The minimum absolute atomic E-state index is 0. The van der Waals surface area contributed by atoms with Crippen molar-refractivity contribution < 1.29 is 23.2 Å². The molecule has 0 aromatic carbocycles. The van der Waals surface area contributed by atoms with Crippen LogP contribution >= 0.6 is 12.4 Å². The molecule has 0 aliphatic carbocycles. The molecule has 0 spiro atoms. The molecule has 0 aromatic rings. The van der Waals surface area contributed by atoms with Gasteiger partial charge in [-0.05, 0) is 13.8 Å². The first-order valence-corrected chi connectivity index (χ1v) is 6.49. The largest absolute Gasteiger partial charge is 0.342 e. The molecule has 2 aliphatic rings. The fourth-order valence-corrected chi connectivity index (χ4v) is 2.48. The second-order valence-corrected chi connectivity index (χ2v) is 5.45. The van der Waals surface area contributed by atoms with Gasteiger partial charge in [0.2, 0.25) is 11.8 Å². The van der Waals surface area contributed by atoms with E-state index in [0.717, 1.165) is 4.90 Å². The first kappa shape index (κ1) is 17.8. The van der Waals surface area contributed by atoms with Crippen LogP contribution in [0.3, 0.4) is 0 Å². The van der Waals surface area contributed by atoms with E-state index in [9.17, 15) is 23.2 Å². The number of nitrogens with one attached hydrogen (secondary N) is 2. The second kappa shape index (κ2) is 6.23. The average molecular weight is 326 g/mol. The molecular weight excluding hydrogens is 308 g/mol. The van der Waals surface area contributed by atoms with Crippen LogP contribution in [-0.4, -0.2) is 53.2 Å². The molecule has 6 nitrogen and oxygen atoms in total. The van der Waals surface area contributed by atoms with Crippen LogP contribution in [0.5, 0.6) is 0 Å². The normalized spacial score (nSPS) is 28.0. The highest BCUT2D eigenvalue weighted by molar-refractivity contribution is 6.07. The van der Waals surface area contributed by atoms with E-state index < -0.39 is 42.8 Å². The summed E-state index contributed by atoms with van der Waals surface area (Å²) >= 11 is 0. The van der Waals surface area contributed by atoms with Crippen molar-refractivity contribution in [2.24, 2.45) is 0 Å². The molecule has 2 heterocycles. The number of carbonyl (C=O) groups excluding carboxylic acids is 3. The number of hydrogen-bond acceptors (Lipinski definition) is 4. The summed E-state index contributed by atoms with van der Waals surface area (Å²) in [7, 11) is 0. The van der Waals surface area contributed by atoms with E-state index >= 15 is 0 Å². The van der Waals surface area contributed by atoms with Crippen molar-refractivity contribution >= 4 is 30.1 Å². The van der Waals surface area contributed by atoms with E-state index in [1.807, 2.05) is 0 Å². The molecule has 0 saturated carbocycles. The molecular formula is C12H18ClF2N3O3. The lowest BCUT2D eigenvalue weighted by molar-refractivity contribution is -0.141. The maximum atomic E-state index is 13.0. The van der Waals surface area contributed by atoms with Crippen molar-refractivity contribution in [2.45, 2.75) is 50.7 Å². The third-order valence-corrected chi connectivity index (χ3v) is 3.44. The maximum Gasteiger partial charge on any atom is 0.262 e. The monoisotopic (exact) mass is 325 g/mol. The summed E-state index contributed by atoms with van der Waals surface area (Å²) in [4.78, 5) is 36.5. The van der Waals surface area contributed by atoms with Gasteiger partial charge in [0.1, 0.15) is 6.04 Å². The summed E-state index contributed by atoms with van der Waals surface area (Å²) in [5.41, 5.74) is 0. The Morgan fingerprint density at radius 3 is 2.48 bits per heavy atom. The van der Waals surface area contributed by atoms with Crippen molar-refractivity contribution in [3.8, 4) is 0 Å². The zero-order valence-corrected chi connectivity index (χ0v) is 12.5. The van der Waals surface area contributed by atoms with Crippen LogP contribution in [0.2, 0.25) is 0 Å². The number of hydrogen-bond donors (Lipinski definition) is 2. The third-order valence-electron chi connectivity index (χ3n) is 3.44. The zero-order chi connectivity index (χ0) is 15.1. The zero-order valence-electron chi connectivity index (χ0n) is 11.7. The van der Waals surface area contributed by atoms with Gasteiger partial charge in [-0.1, -0.05) is 0 Å². The van der Waals surface area contributed by atoms with Crippen LogP contribution in [0, 0.1) is 0 Å². The van der Waals surface area contributed by atoms with E-state index in [-0.39, 0.29) is 30.8 Å². The van der Waals surface area contributed by atoms with E-state index in [0.29, 0.717) is 0 Å². The quantitative estimate of drug-likeness (QED) is 0.719.